The van der Waals surface area contributed by atoms with Gasteiger partial charge in [-0.1, -0.05) is 266 Å². The van der Waals surface area contributed by atoms with E-state index < -0.39 is 7.12 Å². The lowest BCUT2D eigenvalue weighted by Gasteiger charge is -2.32. The van der Waals surface area contributed by atoms with E-state index in [0.29, 0.717) is 5.46 Å². The predicted molar refractivity (Wildman–Crippen MR) is 454 cm³/mol. The number of hydrogen-bond donors (Lipinski definition) is 2. The summed E-state index contributed by atoms with van der Waals surface area (Å²) in [6.45, 7) is 24.8. The quantitative estimate of drug-likeness (QED) is 0.152. The molecule has 14 aromatic carbocycles. The Bertz CT molecular complexity index is 5370. The Balaban J connectivity index is 0.000000123. The molecule has 0 aromatic heterocycles. The van der Waals surface area contributed by atoms with Crippen LogP contribution >= 0.6 is 47.8 Å². The molecule has 2 N–H and O–H groups in total. The third kappa shape index (κ3) is 17.1. The molecule has 0 bridgehead atoms. The second-order valence-corrected chi connectivity index (χ2v) is 33.0. The summed E-state index contributed by atoms with van der Waals surface area (Å²) in [6.07, 6.45) is 0. The molecule has 0 atom stereocenters. The van der Waals surface area contributed by atoms with Gasteiger partial charge in [-0.15, -0.1) is 0 Å². The summed E-state index contributed by atoms with van der Waals surface area (Å²) in [5.41, 5.74) is 8.81. The third-order valence-electron chi connectivity index (χ3n) is 21.4. The van der Waals surface area contributed by atoms with E-state index in [1.54, 1.807) is 12.1 Å². The maximum absolute atomic E-state index is 8.94. The minimum atomic E-state index is -1.38. The van der Waals surface area contributed by atoms with Crippen LogP contribution in [-0.2, 0) is 27.9 Å². The first-order valence-electron chi connectivity index (χ1n) is 35.6. The predicted octanol–water partition coefficient (Wildman–Crippen LogP) is 21.2. The normalized spacial score (nSPS) is 16.4. The van der Waals surface area contributed by atoms with E-state index in [0.717, 1.165) is 46.1 Å². The summed E-state index contributed by atoms with van der Waals surface area (Å²) < 4.78 is 40.5. The summed E-state index contributed by atoms with van der Waals surface area (Å²) in [5, 5.41) is 32.6. The first-order chi connectivity index (χ1) is 50.0. The second-order valence-electron chi connectivity index (χ2n) is 30.3. The Hall–Kier alpha value is -7.98. The molecule has 17 rings (SSSR count). The smallest absolute Gasteiger partial charge is 0.423 e. The minimum Gasteiger partial charge on any atom is -0.423 e. The van der Waals surface area contributed by atoms with Gasteiger partial charge in [-0.3, -0.25) is 0 Å². The van der Waals surface area contributed by atoms with Crippen molar-refractivity contribution < 1.29 is 38.0 Å². The zero-order valence-corrected chi connectivity index (χ0v) is 66.2. The molecule has 0 saturated carbocycles. The van der Waals surface area contributed by atoms with Gasteiger partial charge in [0.2, 0.25) is 0 Å². The highest BCUT2D eigenvalue weighted by Crippen LogP contribution is 2.40. The lowest BCUT2D eigenvalue weighted by Crippen LogP contribution is -2.41. The molecule has 8 nitrogen and oxygen atoms in total. The largest absolute Gasteiger partial charge is 0.494 e. The molecule has 3 aliphatic rings. The molecule has 3 heterocycles. The van der Waals surface area contributed by atoms with Crippen LogP contribution in [0.2, 0.25) is 0 Å². The molecule has 14 aromatic rings. The standard InChI is InChI=1S/C32H29BO2.C20H13Br.C18H28B2O4.C10H9BO2.C10H6Br2/c1-31(2)32(3,4)35-33(34-31)30-11-7-10-24(21-30)25-14-15-29-20-28(17-16-27(29)19-25)26-13-12-22-8-5-6-9-23(22)18-26;21-20-10-9-18-12-17(7-8-19(18)13-20)16-6-5-14-3-1-2-4-15(14)11-16;1-15(2)16(3,4)22-19(21-15)13-10-9-11-14(12-13)20-23-17(5,6)18(7,8)24-20;12-11(13)10-6-5-8-3-1-2-4-9(8)7-10;11-9-3-1-7-5-10(12)4-2-8(7)6-9/h5-21H,1-4H3;1-13H;9-12H,1-8H3;1-7,12-13H;1-6H. The highest BCUT2D eigenvalue weighted by Gasteiger charge is 2.54. The SMILES string of the molecule is Brc1ccc2cc(-c3ccc4ccccc4c3)ccc2c1.Brc1ccc2cc(Br)ccc2c1.CC1(C)OB(c2cccc(-c3ccc4cc(-c5ccc6ccccc6c5)ccc4c3)c2)OC1(C)C.CC1(C)OB(c2cccc(B3OC(C)(C)C(C)(C)O3)c2)OC1(C)C.OB(O)c1ccc2ccccc2c1. The molecule has 0 radical (unpaired) electrons. The van der Waals surface area contributed by atoms with Crippen molar-refractivity contribution in [2.45, 2.75) is 117 Å². The molecule has 3 aliphatic heterocycles. The third-order valence-corrected chi connectivity index (χ3v) is 22.8. The zero-order valence-electron chi connectivity index (χ0n) is 61.4. The Kier molecular flexibility index (Phi) is 22.0. The van der Waals surface area contributed by atoms with Crippen LogP contribution in [0.4, 0.5) is 0 Å². The van der Waals surface area contributed by atoms with Gasteiger partial charge in [0.15, 0.2) is 0 Å². The van der Waals surface area contributed by atoms with E-state index in [2.05, 4.69) is 355 Å². The van der Waals surface area contributed by atoms with E-state index in [9.17, 15) is 0 Å². The average Bonchev–Trinajstić information content (AvgIpc) is 1.56. The molecule has 526 valence electrons. The van der Waals surface area contributed by atoms with E-state index >= 15 is 0 Å². The first kappa shape index (κ1) is 75.3. The molecule has 15 heteroatoms. The highest BCUT2D eigenvalue weighted by molar-refractivity contribution is 9.11. The van der Waals surface area contributed by atoms with Crippen LogP contribution in [0.3, 0.4) is 0 Å². The molecule has 105 heavy (non-hydrogen) atoms. The van der Waals surface area contributed by atoms with Gasteiger partial charge in [0.1, 0.15) is 0 Å². The number of fused-ring (bicyclic) bond motifs is 6. The van der Waals surface area contributed by atoms with E-state index in [1.807, 2.05) is 48.5 Å². The topological polar surface area (TPSA) is 95.8 Å². The molecule has 0 unspecified atom stereocenters. The summed E-state index contributed by atoms with van der Waals surface area (Å²) >= 11 is 10.4. The molecular formula is C90H85B4Br3O8. The number of halogens is 3. The summed E-state index contributed by atoms with van der Waals surface area (Å²) in [4.78, 5) is 0. The lowest BCUT2D eigenvalue weighted by atomic mass is 9.72. The molecular weight excluding hydrogens is 1490 g/mol. The Morgan fingerprint density at radius 1 is 0.229 bits per heavy atom. The fourth-order valence-corrected chi connectivity index (χ4v) is 14.1. The average molecular weight is 1580 g/mol. The van der Waals surface area contributed by atoms with Gasteiger partial charge >= 0.3 is 28.5 Å². The van der Waals surface area contributed by atoms with Gasteiger partial charge < -0.3 is 38.0 Å². The maximum atomic E-state index is 8.94. The molecule has 0 aliphatic carbocycles. The van der Waals surface area contributed by atoms with Gasteiger partial charge in [-0.05, 0) is 270 Å². The van der Waals surface area contributed by atoms with Crippen molar-refractivity contribution >= 4 is 163 Å². The van der Waals surface area contributed by atoms with Crippen molar-refractivity contribution in [3.63, 3.8) is 0 Å². The summed E-state index contributed by atoms with van der Waals surface area (Å²) in [6, 6.07) is 99.1. The van der Waals surface area contributed by atoms with Gasteiger partial charge in [0.05, 0.1) is 33.6 Å². The van der Waals surface area contributed by atoms with Crippen LogP contribution in [0.25, 0.3) is 98.0 Å². The Labute approximate surface area is 644 Å². The molecule has 3 fully saturated rings. The maximum Gasteiger partial charge on any atom is 0.494 e. The van der Waals surface area contributed by atoms with Crippen molar-refractivity contribution in [1.29, 1.82) is 0 Å². The minimum absolute atomic E-state index is 0.348. The van der Waals surface area contributed by atoms with Gasteiger partial charge in [0.25, 0.3) is 0 Å². The van der Waals surface area contributed by atoms with Crippen LogP contribution in [0.15, 0.2) is 299 Å². The van der Waals surface area contributed by atoms with Gasteiger partial charge in [-0.25, -0.2) is 0 Å². The van der Waals surface area contributed by atoms with Crippen LogP contribution in [-0.4, -0.2) is 72.1 Å². The van der Waals surface area contributed by atoms with Crippen LogP contribution < -0.4 is 21.9 Å². The van der Waals surface area contributed by atoms with Crippen molar-refractivity contribution in [2.24, 2.45) is 0 Å². The summed E-state index contributed by atoms with van der Waals surface area (Å²) in [5.74, 6) is 0. The fraction of sp³-hybridized carbons (Fsp3) is 0.200. The summed E-state index contributed by atoms with van der Waals surface area (Å²) in [7, 11) is -2.50. The number of hydrogen-bond acceptors (Lipinski definition) is 8. The number of benzene rings is 14. The number of rotatable bonds is 7. The van der Waals surface area contributed by atoms with Crippen molar-refractivity contribution in [2.75, 3.05) is 0 Å². The highest BCUT2D eigenvalue weighted by atomic mass is 79.9. The van der Waals surface area contributed by atoms with Crippen molar-refractivity contribution in [3.8, 4) is 33.4 Å². The monoisotopic (exact) mass is 1570 g/mol. The van der Waals surface area contributed by atoms with Crippen LogP contribution in [0, 0.1) is 0 Å². The van der Waals surface area contributed by atoms with Crippen LogP contribution in [0.5, 0.6) is 0 Å². The van der Waals surface area contributed by atoms with Crippen LogP contribution in [0.1, 0.15) is 83.1 Å². The van der Waals surface area contributed by atoms with E-state index in [-0.39, 0.29) is 55.0 Å². The molecule has 3 saturated heterocycles. The Morgan fingerprint density at radius 3 is 0.771 bits per heavy atom. The molecule has 0 spiro atoms. The van der Waals surface area contributed by atoms with Crippen molar-refractivity contribution in [1.82, 2.24) is 0 Å². The molecule has 0 amide bonds. The van der Waals surface area contributed by atoms with Crippen molar-refractivity contribution in [3.05, 3.63) is 299 Å². The zero-order chi connectivity index (χ0) is 74.2. The second kappa shape index (κ2) is 30.7. The first-order valence-corrected chi connectivity index (χ1v) is 38.0. The van der Waals surface area contributed by atoms with E-state index in [1.165, 1.54) is 81.7 Å². The van der Waals surface area contributed by atoms with Gasteiger partial charge in [0, 0.05) is 13.4 Å². The lowest BCUT2D eigenvalue weighted by molar-refractivity contribution is 0.00578. The fourth-order valence-electron chi connectivity index (χ4n) is 12.9. The van der Waals surface area contributed by atoms with E-state index in [4.69, 9.17) is 38.0 Å². The Morgan fingerprint density at radius 2 is 0.457 bits per heavy atom. The van der Waals surface area contributed by atoms with Gasteiger partial charge in [-0.2, -0.15) is 0 Å².